The van der Waals surface area contributed by atoms with E-state index in [1.807, 2.05) is 0 Å². The van der Waals surface area contributed by atoms with E-state index in [1.54, 1.807) is 13.8 Å². The molecule has 4 nitrogen and oxygen atoms in total. The lowest BCUT2D eigenvalue weighted by molar-refractivity contribution is 0.0334. The minimum Gasteiger partial charge on any atom is -0.510 e. The van der Waals surface area contributed by atoms with E-state index in [9.17, 15) is 10.2 Å². The van der Waals surface area contributed by atoms with Crippen LogP contribution in [-0.4, -0.2) is 36.1 Å². The molecule has 0 saturated heterocycles. The van der Waals surface area contributed by atoms with Crippen molar-refractivity contribution in [3.05, 3.63) is 11.3 Å². The van der Waals surface area contributed by atoms with E-state index < -0.39 is 6.10 Å². The third-order valence-corrected chi connectivity index (χ3v) is 1.60. The van der Waals surface area contributed by atoms with Gasteiger partial charge in [-0.2, -0.15) is 0 Å². The summed E-state index contributed by atoms with van der Waals surface area (Å²) in [5.41, 5.74) is 5.96. The van der Waals surface area contributed by atoms with Gasteiger partial charge in [-0.25, -0.2) is 0 Å². The number of rotatable bonds is 6. The van der Waals surface area contributed by atoms with Crippen LogP contribution in [0.25, 0.3) is 0 Å². The molecule has 0 spiro atoms. The zero-order valence-corrected chi connectivity index (χ0v) is 8.29. The van der Waals surface area contributed by atoms with Crippen LogP contribution in [0.1, 0.15) is 20.3 Å². The van der Waals surface area contributed by atoms with E-state index in [-0.39, 0.29) is 12.4 Å². The molecule has 0 heterocycles. The summed E-state index contributed by atoms with van der Waals surface area (Å²) in [6.07, 6.45) is -0.148. The molecule has 0 radical (unpaired) electrons. The lowest BCUT2D eigenvalue weighted by Gasteiger charge is -2.11. The van der Waals surface area contributed by atoms with Crippen LogP contribution in [0.15, 0.2) is 11.3 Å². The van der Waals surface area contributed by atoms with Gasteiger partial charge in [0.15, 0.2) is 0 Å². The van der Waals surface area contributed by atoms with E-state index in [1.165, 1.54) is 0 Å². The van der Waals surface area contributed by atoms with E-state index in [4.69, 9.17) is 10.5 Å². The molecule has 0 saturated carbocycles. The van der Waals surface area contributed by atoms with Crippen molar-refractivity contribution in [3.63, 3.8) is 0 Å². The second-order valence-corrected chi connectivity index (χ2v) is 3.12. The minimum atomic E-state index is -0.914. The first-order valence-electron chi connectivity index (χ1n) is 4.41. The Morgan fingerprint density at radius 3 is 2.54 bits per heavy atom. The molecule has 0 aliphatic carbocycles. The summed E-state index contributed by atoms with van der Waals surface area (Å²) in [5, 5.41) is 18.6. The average Bonchev–Trinajstić information content (AvgIpc) is 2.10. The van der Waals surface area contributed by atoms with Crippen molar-refractivity contribution in [1.82, 2.24) is 0 Å². The van der Waals surface area contributed by atoms with Crippen LogP contribution in [0.5, 0.6) is 0 Å². The van der Waals surface area contributed by atoms with Crippen LogP contribution in [0.2, 0.25) is 0 Å². The van der Waals surface area contributed by atoms with E-state index in [0.717, 1.165) is 6.42 Å². The number of aliphatic hydroxyl groups is 2. The summed E-state index contributed by atoms with van der Waals surface area (Å²) in [7, 11) is 0. The van der Waals surface area contributed by atoms with E-state index in [2.05, 4.69) is 0 Å². The van der Waals surface area contributed by atoms with Crippen molar-refractivity contribution in [1.29, 1.82) is 0 Å². The molecule has 0 aromatic rings. The molecule has 13 heavy (non-hydrogen) atoms. The highest BCUT2D eigenvalue weighted by Gasteiger charge is 2.10. The monoisotopic (exact) mass is 189 g/mol. The van der Waals surface area contributed by atoms with Gasteiger partial charge in [-0.1, -0.05) is 0 Å². The average molecular weight is 189 g/mol. The fourth-order valence-corrected chi connectivity index (χ4v) is 0.793. The lowest BCUT2D eigenvalue weighted by atomic mass is 10.2. The minimum absolute atomic E-state index is 0.00671. The third-order valence-electron chi connectivity index (χ3n) is 1.60. The Hall–Kier alpha value is -0.580. The summed E-state index contributed by atoms with van der Waals surface area (Å²) in [5.74, 6) is -0.00671. The number of hydrogen-bond donors (Lipinski definition) is 3. The van der Waals surface area contributed by atoms with Gasteiger partial charge in [-0.15, -0.1) is 0 Å². The van der Waals surface area contributed by atoms with Crippen molar-refractivity contribution in [2.24, 2.45) is 5.73 Å². The number of hydrogen-bond acceptors (Lipinski definition) is 4. The van der Waals surface area contributed by atoms with Crippen LogP contribution < -0.4 is 5.73 Å². The highest BCUT2D eigenvalue weighted by molar-refractivity contribution is 5.05. The molecular weight excluding hydrogens is 170 g/mol. The van der Waals surface area contributed by atoms with Gasteiger partial charge < -0.3 is 20.7 Å². The first kappa shape index (κ1) is 12.4. The smallest absolute Gasteiger partial charge is 0.134 e. The zero-order valence-electron chi connectivity index (χ0n) is 8.29. The van der Waals surface area contributed by atoms with Gasteiger partial charge in [-0.3, -0.25) is 0 Å². The van der Waals surface area contributed by atoms with Gasteiger partial charge in [0, 0.05) is 6.61 Å². The quantitative estimate of drug-likeness (QED) is 0.421. The maximum absolute atomic E-state index is 9.32. The van der Waals surface area contributed by atoms with Gasteiger partial charge in [0.1, 0.15) is 11.9 Å². The van der Waals surface area contributed by atoms with Gasteiger partial charge >= 0.3 is 0 Å². The molecule has 4 heteroatoms. The second kappa shape index (κ2) is 6.88. The fourth-order valence-electron chi connectivity index (χ4n) is 0.793. The SMILES string of the molecule is CC(C)=C(O)C(O)COCCCN. The van der Waals surface area contributed by atoms with Crippen molar-refractivity contribution in [2.45, 2.75) is 26.4 Å². The van der Waals surface area contributed by atoms with Gasteiger partial charge in [-0.05, 0) is 32.4 Å². The largest absolute Gasteiger partial charge is 0.510 e. The fraction of sp³-hybridized carbons (Fsp3) is 0.778. The molecule has 0 aromatic heterocycles. The van der Waals surface area contributed by atoms with Gasteiger partial charge in [0.05, 0.1) is 6.61 Å². The molecule has 0 bridgehead atoms. The molecule has 0 rings (SSSR count). The predicted octanol–water partition coefficient (Wildman–Crippen LogP) is 0.565. The number of aliphatic hydroxyl groups excluding tert-OH is 2. The standard InChI is InChI=1S/C9H19NO3/c1-7(2)9(12)8(11)6-13-5-3-4-10/h8,11-12H,3-6,10H2,1-2H3. The predicted molar refractivity (Wildman–Crippen MR) is 51.5 cm³/mol. The molecule has 78 valence electrons. The molecular formula is C9H19NO3. The van der Waals surface area contributed by atoms with Crippen LogP contribution in [0.4, 0.5) is 0 Å². The van der Waals surface area contributed by atoms with Crippen LogP contribution in [0.3, 0.4) is 0 Å². The van der Waals surface area contributed by atoms with Crippen LogP contribution in [-0.2, 0) is 4.74 Å². The summed E-state index contributed by atoms with van der Waals surface area (Å²) >= 11 is 0. The van der Waals surface area contributed by atoms with E-state index >= 15 is 0 Å². The van der Waals surface area contributed by atoms with Crippen LogP contribution >= 0.6 is 0 Å². The molecule has 0 amide bonds. The maximum atomic E-state index is 9.32. The van der Waals surface area contributed by atoms with Crippen LogP contribution in [0, 0.1) is 0 Å². The molecule has 0 fully saturated rings. The lowest BCUT2D eigenvalue weighted by Crippen LogP contribution is -2.19. The Kier molecular flexibility index (Phi) is 6.58. The highest BCUT2D eigenvalue weighted by Crippen LogP contribution is 2.05. The summed E-state index contributed by atoms with van der Waals surface area (Å²) in [4.78, 5) is 0. The summed E-state index contributed by atoms with van der Waals surface area (Å²) in [6.45, 7) is 4.68. The van der Waals surface area contributed by atoms with Gasteiger partial charge in [0.2, 0.25) is 0 Å². The normalized spacial score (nSPS) is 12.6. The topological polar surface area (TPSA) is 75.7 Å². The Morgan fingerprint density at radius 2 is 2.08 bits per heavy atom. The maximum Gasteiger partial charge on any atom is 0.134 e. The number of ether oxygens (including phenoxy) is 1. The Bertz CT molecular complexity index is 164. The zero-order chi connectivity index (χ0) is 10.3. The van der Waals surface area contributed by atoms with Crippen molar-refractivity contribution in [2.75, 3.05) is 19.8 Å². The molecule has 0 aliphatic rings. The molecule has 1 unspecified atom stereocenters. The number of allylic oxidation sites excluding steroid dienone is 1. The van der Waals surface area contributed by atoms with Gasteiger partial charge in [0.25, 0.3) is 0 Å². The Labute approximate surface area is 79.0 Å². The highest BCUT2D eigenvalue weighted by atomic mass is 16.5. The molecule has 0 aliphatic heterocycles. The van der Waals surface area contributed by atoms with Crippen molar-refractivity contribution >= 4 is 0 Å². The molecule has 1 atom stereocenters. The Morgan fingerprint density at radius 1 is 1.46 bits per heavy atom. The second-order valence-electron chi connectivity index (χ2n) is 3.12. The van der Waals surface area contributed by atoms with E-state index in [0.29, 0.717) is 18.7 Å². The molecule has 0 aromatic carbocycles. The first-order valence-corrected chi connectivity index (χ1v) is 4.41. The number of nitrogens with two attached hydrogens (primary N) is 1. The third kappa shape index (κ3) is 5.63. The summed E-state index contributed by atoms with van der Waals surface area (Å²) < 4.78 is 5.08. The van der Waals surface area contributed by atoms with Crippen molar-refractivity contribution < 1.29 is 14.9 Å². The Balaban J connectivity index is 3.63. The van der Waals surface area contributed by atoms with Crippen molar-refractivity contribution in [3.8, 4) is 0 Å². The summed E-state index contributed by atoms with van der Waals surface area (Å²) in [6, 6.07) is 0. The first-order chi connectivity index (χ1) is 6.09. The molecule has 4 N–H and O–H groups in total.